The number of hydrogen-bond acceptors (Lipinski definition) is 3. The van der Waals surface area contributed by atoms with Gasteiger partial charge in [0.25, 0.3) is 0 Å². The van der Waals surface area contributed by atoms with Crippen molar-refractivity contribution in [2.75, 3.05) is 13.2 Å². The minimum atomic E-state index is 0.118. The summed E-state index contributed by atoms with van der Waals surface area (Å²) in [4.78, 5) is 0. The molecule has 3 unspecified atom stereocenters. The zero-order chi connectivity index (χ0) is 11.3. The molecule has 0 bridgehead atoms. The van der Waals surface area contributed by atoms with Crippen molar-refractivity contribution < 1.29 is 5.11 Å². The van der Waals surface area contributed by atoms with Crippen molar-refractivity contribution in [2.45, 2.75) is 57.5 Å². The lowest BCUT2D eigenvalue weighted by atomic mass is 9.73. The van der Waals surface area contributed by atoms with Crippen LogP contribution in [0.3, 0.4) is 0 Å². The van der Waals surface area contributed by atoms with E-state index in [4.69, 9.17) is 10.8 Å². The summed E-state index contributed by atoms with van der Waals surface area (Å²) in [6, 6.07) is 0.360. The minimum Gasteiger partial charge on any atom is -0.396 e. The average Bonchev–Trinajstić information content (AvgIpc) is 2.22. The number of aliphatic hydroxyl groups is 1. The van der Waals surface area contributed by atoms with E-state index in [2.05, 4.69) is 19.2 Å². The van der Waals surface area contributed by atoms with Gasteiger partial charge in [-0.15, -0.1) is 0 Å². The normalized spacial score (nSPS) is 34.0. The highest BCUT2D eigenvalue weighted by molar-refractivity contribution is 4.97. The summed E-state index contributed by atoms with van der Waals surface area (Å²) in [5.41, 5.74) is 6.07. The van der Waals surface area contributed by atoms with Gasteiger partial charge in [-0.05, 0) is 32.1 Å². The molecule has 0 heterocycles. The van der Waals surface area contributed by atoms with Gasteiger partial charge in [-0.25, -0.2) is 0 Å². The molecular formula is C12H26N2O. The van der Waals surface area contributed by atoms with Crippen LogP contribution in [0.1, 0.15) is 46.0 Å². The second-order valence-electron chi connectivity index (χ2n) is 5.06. The molecule has 0 amide bonds. The lowest BCUT2D eigenvalue weighted by molar-refractivity contribution is 0.138. The van der Waals surface area contributed by atoms with Crippen LogP contribution in [0.5, 0.6) is 0 Å². The first-order valence-electron chi connectivity index (χ1n) is 6.23. The van der Waals surface area contributed by atoms with Gasteiger partial charge >= 0.3 is 0 Å². The molecule has 4 N–H and O–H groups in total. The molecule has 0 radical (unpaired) electrons. The molecule has 0 aromatic carbocycles. The fourth-order valence-electron chi connectivity index (χ4n) is 2.75. The first-order chi connectivity index (χ1) is 7.14. The van der Waals surface area contributed by atoms with Gasteiger partial charge in [-0.3, -0.25) is 0 Å². The summed E-state index contributed by atoms with van der Waals surface area (Å²) >= 11 is 0. The minimum absolute atomic E-state index is 0.118. The Morgan fingerprint density at radius 3 is 2.80 bits per heavy atom. The lowest BCUT2D eigenvalue weighted by Crippen LogP contribution is -2.59. The van der Waals surface area contributed by atoms with Crippen LogP contribution in [0.4, 0.5) is 0 Å². The van der Waals surface area contributed by atoms with Crippen molar-refractivity contribution in [1.82, 2.24) is 5.32 Å². The van der Waals surface area contributed by atoms with Gasteiger partial charge in [-0.1, -0.05) is 19.8 Å². The number of aliphatic hydroxyl groups excluding tert-OH is 1. The SMILES string of the molecule is CC(CCO)NC1(CN)CCCCC1C. The molecule has 1 saturated carbocycles. The Morgan fingerprint density at radius 2 is 2.27 bits per heavy atom. The van der Waals surface area contributed by atoms with Gasteiger partial charge in [0, 0.05) is 24.7 Å². The molecule has 1 aliphatic carbocycles. The standard InChI is InChI=1S/C12H26N2O/c1-10-5-3-4-7-12(10,9-13)14-11(2)6-8-15/h10-11,14-15H,3-9,13H2,1-2H3. The quantitative estimate of drug-likeness (QED) is 0.645. The monoisotopic (exact) mass is 214 g/mol. The van der Waals surface area contributed by atoms with Crippen LogP contribution in [0, 0.1) is 5.92 Å². The predicted octanol–water partition coefficient (Wildman–Crippen LogP) is 1.25. The summed E-state index contributed by atoms with van der Waals surface area (Å²) in [6.45, 7) is 5.40. The van der Waals surface area contributed by atoms with E-state index in [-0.39, 0.29) is 12.1 Å². The van der Waals surface area contributed by atoms with E-state index in [0.717, 1.165) is 6.42 Å². The van der Waals surface area contributed by atoms with Gasteiger partial charge < -0.3 is 16.2 Å². The number of nitrogens with two attached hydrogens (primary N) is 1. The van der Waals surface area contributed by atoms with Crippen LogP contribution in [0.25, 0.3) is 0 Å². The van der Waals surface area contributed by atoms with Gasteiger partial charge in [-0.2, -0.15) is 0 Å². The highest BCUT2D eigenvalue weighted by atomic mass is 16.3. The van der Waals surface area contributed by atoms with E-state index in [9.17, 15) is 0 Å². The first-order valence-corrected chi connectivity index (χ1v) is 6.23. The topological polar surface area (TPSA) is 58.3 Å². The molecule has 0 spiro atoms. The number of nitrogens with one attached hydrogen (secondary N) is 1. The molecule has 90 valence electrons. The fourth-order valence-corrected chi connectivity index (χ4v) is 2.75. The Hall–Kier alpha value is -0.120. The Kier molecular flexibility index (Phi) is 5.03. The highest BCUT2D eigenvalue weighted by Crippen LogP contribution is 2.33. The van der Waals surface area contributed by atoms with Crippen LogP contribution < -0.4 is 11.1 Å². The van der Waals surface area contributed by atoms with Gasteiger partial charge in [0.2, 0.25) is 0 Å². The molecule has 0 aliphatic heterocycles. The third kappa shape index (κ3) is 3.16. The fraction of sp³-hybridized carbons (Fsp3) is 1.00. The van der Waals surface area contributed by atoms with E-state index in [0.29, 0.717) is 18.5 Å². The Labute approximate surface area is 93.4 Å². The van der Waals surface area contributed by atoms with Crippen molar-refractivity contribution in [3.63, 3.8) is 0 Å². The molecule has 3 atom stereocenters. The Morgan fingerprint density at radius 1 is 1.53 bits per heavy atom. The lowest BCUT2D eigenvalue weighted by Gasteiger charge is -2.44. The van der Waals surface area contributed by atoms with Crippen molar-refractivity contribution in [1.29, 1.82) is 0 Å². The third-order valence-corrected chi connectivity index (χ3v) is 3.91. The Bertz CT molecular complexity index is 186. The maximum atomic E-state index is 8.92. The van der Waals surface area contributed by atoms with E-state index < -0.39 is 0 Å². The smallest absolute Gasteiger partial charge is 0.0445 e. The van der Waals surface area contributed by atoms with E-state index in [1.807, 2.05) is 0 Å². The van der Waals surface area contributed by atoms with Gasteiger partial charge in [0.15, 0.2) is 0 Å². The number of hydrogen-bond donors (Lipinski definition) is 3. The largest absolute Gasteiger partial charge is 0.396 e. The molecule has 3 nitrogen and oxygen atoms in total. The maximum Gasteiger partial charge on any atom is 0.0445 e. The Balaban J connectivity index is 2.57. The zero-order valence-electron chi connectivity index (χ0n) is 10.1. The predicted molar refractivity (Wildman–Crippen MR) is 63.7 cm³/mol. The van der Waals surface area contributed by atoms with Crippen molar-refractivity contribution in [2.24, 2.45) is 11.7 Å². The van der Waals surface area contributed by atoms with Crippen LogP contribution in [0.15, 0.2) is 0 Å². The van der Waals surface area contributed by atoms with E-state index >= 15 is 0 Å². The average molecular weight is 214 g/mol. The van der Waals surface area contributed by atoms with Crippen LogP contribution in [-0.4, -0.2) is 29.8 Å². The van der Waals surface area contributed by atoms with E-state index in [1.165, 1.54) is 25.7 Å². The van der Waals surface area contributed by atoms with Crippen molar-refractivity contribution >= 4 is 0 Å². The summed E-state index contributed by atoms with van der Waals surface area (Å²) in [5, 5.41) is 12.6. The summed E-state index contributed by atoms with van der Waals surface area (Å²) in [6.07, 6.45) is 5.88. The molecule has 15 heavy (non-hydrogen) atoms. The van der Waals surface area contributed by atoms with Gasteiger partial charge in [0.05, 0.1) is 0 Å². The second-order valence-corrected chi connectivity index (χ2v) is 5.06. The zero-order valence-corrected chi connectivity index (χ0v) is 10.1. The molecule has 0 aromatic rings. The molecule has 1 fully saturated rings. The summed E-state index contributed by atoms with van der Waals surface area (Å²) in [7, 11) is 0. The highest BCUT2D eigenvalue weighted by Gasteiger charge is 2.37. The van der Waals surface area contributed by atoms with E-state index in [1.54, 1.807) is 0 Å². The van der Waals surface area contributed by atoms with Crippen molar-refractivity contribution in [3.8, 4) is 0 Å². The van der Waals surface area contributed by atoms with Crippen LogP contribution >= 0.6 is 0 Å². The van der Waals surface area contributed by atoms with Gasteiger partial charge in [0.1, 0.15) is 0 Å². The summed E-state index contributed by atoms with van der Waals surface area (Å²) in [5.74, 6) is 0.650. The summed E-state index contributed by atoms with van der Waals surface area (Å²) < 4.78 is 0. The molecule has 0 aromatic heterocycles. The second kappa shape index (κ2) is 5.83. The molecule has 1 rings (SSSR count). The first kappa shape index (κ1) is 12.9. The maximum absolute atomic E-state index is 8.92. The molecule has 1 aliphatic rings. The molecule has 0 saturated heterocycles. The van der Waals surface area contributed by atoms with Crippen LogP contribution in [-0.2, 0) is 0 Å². The van der Waals surface area contributed by atoms with Crippen molar-refractivity contribution in [3.05, 3.63) is 0 Å². The molecular weight excluding hydrogens is 188 g/mol. The number of rotatable bonds is 5. The van der Waals surface area contributed by atoms with Crippen LogP contribution in [0.2, 0.25) is 0 Å². The third-order valence-electron chi connectivity index (χ3n) is 3.91. The molecule has 3 heteroatoms.